The number of ether oxygens (including phenoxy) is 2. The number of hydrogen-bond donors (Lipinski definition) is 1. The van der Waals surface area contributed by atoms with E-state index in [1.165, 1.54) is 16.7 Å². The van der Waals surface area contributed by atoms with E-state index in [4.69, 9.17) is 9.47 Å². The molecule has 2 aliphatic heterocycles. The largest absolute Gasteiger partial charge is 0.493 e. The van der Waals surface area contributed by atoms with E-state index in [9.17, 15) is 14.4 Å². The van der Waals surface area contributed by atoms with Crippen molar-refractivity contribution in [2.75, 3.05) is 12.0 Å². The maximum Gasteiger partial charge on any atom is 0.305 e. The van der Waals surface area contributed by atoms with Crippen LogP contribution < -0.4 is 19.2 Å². The fourth-order valence-corrected chi connectivity index (χ4v) is 7.46. The highest BCUT2D eigenvalue weighted by molar-refractivity contribution is 8.00. The van der Waals surface area contributed by atoms with E-state index in [1.807, 2.05) is 54.6 Å². The number of benzene rings is 3. The standard InChI is InChI=1S/C28H22N2O5S2/c1-34-20-14-17(12-13-19(20)35-15-16-8-4-2-5-9-16)21-22-24(36-25-23(21)37-28(33)29-25)27(32)30(26(22)31)18-10-6-3-7-11-18/h2-14,21-22,24H,15H2,1H3,(H,29,33)/t21-,22-,24+/m0/s1. The number of methoxy groups -OCH3 is 1. The van der Waals surface area contributed by atoms with Gasteiger partial charge in [0.2, 0.25) is 11.8 Å². The normalized spacial score (nSPS) is 20.5. The molecule has 0 spiro atoms. The molecule has 2 amide bonds. The smallest absolute Gasteiger partial charge is 0.305 e. The molecule has 1 N–H and O–H groups in total. The molecule has 6 rings (SSSR count). The number of fused-ring (bicyclic) bond motifs is 2. The fourth-order valence-electron chi connectivity index (χ4n) is 4.94. The minimum Gasteiger partial charge on any atom is -0.493 e. The molecule has 2 aliphatic rings. The zero-order chi connectivity index (χ0) is 25.5. The van der Waals surface area contributed by atoms with Crippen LogP contribution in [0, 0.1) is 5.92 Å². The first-order valence-corrected chi connectivity index (χ1v) is 13.4. The van der Waals surface area contributed by atoms with Gasteiger partial charge < -0.3 is 14.5 Å². The molecular formula is C28H22N2O5S2. The molecule has 3 aromatic carbocycles. The number of rotatable bonds is 6. The van der Waals surface area contributed by atoms with Crippen molar-refractivity contribution in [3.63, 3.8) is 0 Å². The van der Waals surface area contributed by atoms with Gasteiger partial charge in [0.15, 0.2) is 11.5 Å². The van der Waals surface area contributed by atoms with Gasteiger partial charge in [0.05, 0.1) is 23.7 Å². The van der Waals surface area contributed by atoms with Crippen LogP contribution in [0.4, 0.5) is 5.69 Å². The Hall–Kier alpha value is -3.82. The van der Waals surface area contributed by atoms with Gasteiger partial charge >= 0.3 is 4.87 Å². The van der Waals surface area contributed by atoms with Crippen LogP contribution in [-0.4, -0.2) is 29.2 Å². The van der Waals surface area contributed by atoms with Gasteiger partial charge in [-0.3, -0.25) is 14.4 Å². The van der Waals surface area contributed by atoms with E-state index < -0.39 is 17.1 Å². The minimum atomic E-state index is -0.655. The summed E-state index contributed by atoms with van der Waals surface area (Å²) in [7, 11) is 1.56. The second-order valence-electron chi connectivity index (χ2n) is 8.78. The van der Waals surface area contributed by atoms with Gasteiger partial charge in [-0.05, 0) is 35.4 Å². The first-order chi connectivity index (χ1) is 18.0. The van der Waals surface area contributed by atoms with Crippen molar-refractivity contribution in [1.29, 1.82) is 0 Å². The molecule has 0 radical (unpaired) electrons. The molecule has 7 nitrogen and oxygen atoms in total. The summed E-state index contributed by atoms with van der Waals surface area (Å²) in [4.78, 5) is 44.3. The number of anilines is 1. The van der Waals surface area contributed by atoms with Crippen molar-refractivity contribution in [3.8, 4) is 11.5 Å². The molecule has 1 fully saturated rings. The van der Waals surface area contributed by atoms with Crippen LogP contribution in [-0.2, 0) is 16.2 Å². The summed E-state index contributed by atoms with van der Waals surface area (Å²) < 4.78 is 11.7. The lowest BCUT2D eigenvalue weighted by molar-refractivity contribution is -0.122. The van der Waals surface area contributed by atoms with Crippen molar-refractivity contribution < 1.29 is 19.1 Å². The number of carbonyl (C=O) groups is 2. The molecule has 9 heteroatoms. The molecule has 1 saturated heterocycles. The third-order valence-corrected chi connectivity index (χ3v) is 9.02. The number of hydrogen-bond acceptors (Lipinski definition) is 7. The van der Waals surface area contributed by atoms with Crippen LogP contribution >= 0.6 is 23.1 Å². The minimum absolute atomic E-state index is 0.211. The van der Waals surface area contributed by atoms with Gasteiger partial charge in [-0.15, -0.1) is 0 Å². The molecule has 4 aromatic rings. The fraction of sp³-hybridized carbons (Fsp3) is 0.179. The number of imide groups is 1. The Morgan fingerprint density at radius 1 is 0.892 bits per heavy atom. The lowest BCUT2D eigenvalue weighted by Gasteiger charge is -2.30. The molecular weight excluding hydrogens is 508 g/mol. The van der Waals surface area contributed by atoms with Gasteiger partial charge in [0, 0.05) is 10.8 Å². The SMILES string of the molecule is COc1cc([C@@H]2c3sc(=O)[nH]c3S[C@H]3C(=O)N(c4ccccc4)C(=O)[C@@H]23)ccc1OCc1ccccc1. The summed E-state index contributed by atoms with van der Waals surface area (Å²) in [5, 5.41) is -0.00357. The van der Waals surface area contributed by atoms with E-state index in [-0.39, 0.29) is 16.7 Å². The van der Waals surface area contributed by atoms with E-state index in [2.05, 4.69) is 4.98 Å². The molecule has 0 unspecified atom stereocenters. The summed E-state index contributed by atoms with van der Waals surface area (Å²) in [5.74, 6) is -0.592. The van der Waals surface area contributed by atoms with Crippen molar-refractivity contribution in [2.24, 2.45) is 5.92 Å². The van der Waals surface area contributed by atoms with Crippen molar-refractivity contribution in [1.82, 2.24) is 4.98 Å². The zero-order valence-corrected chi connectivity index (χ0v) is 21.4. The highest BCUT2D eigenvalue weighted by Crippen LogP contribution is 2.53. The summed E-state index contributed by atoms with van der Waals surface area (Å²) in [6.07, 6.45) is 0. The predicted octanol–water partition coefficient (Wildman–Crippen LogP) is 4.82. The van der Waals surface area contributed by atoms with Crippen molar-refractivity contribution in [2.45, 2.75) is 22.8 Å². The third-order valence-electron chi connectivity index (χ3n) is 6.62. The molecule has 3 atom stereocenters. The monoisotopic (exact) mass is 530 g/mol. The first-order valence-electron chi connectivity index (χ1n) is 11.7. The second-order valence-corrected chi connectivity index (χ2v) is 10.9. The quantitative estimate of drug-likeness (QED) is 0.360. The number of amides is 2. The highest BCUT2D eigenvalue weighted by atomic mass is 32.2. The number of carbonyl (C=O) groups excluding carboxylic acids is 2. The predicted molar refractivity (Wildman–Crippen MR) is 143 cm³/mol. The Bertz CT molecular complexity index is 1530. The number of aromatic nitrogens is 1. The number of thiazole rings is 1. The van der Waals surface area contributed by atoms with Crippen LogP contribution in [0.5, 0.6) is 11.5 Å². The van der Waals surface area contributed by atoms with Crippen LogP contribution in [0.25, 0.3) is 0 Å². The third kappa shape index (κ3) is 4.14. The Morgan fingerprint density at radius 3 is 2.35 bits per heavy atom. The number of para-hydroxylation sites is 1. The average molecular weight is 531 g/mol. The molecule has 37 heavy (non-hydrogen) atoms. The summed E-state index contributed by atoms with van der Waals surface area (Å²) >= 11 is 2.34. The first kappa shape index (κ1) is 23.6. The zero-order valence-electron chi connectivity index (χ0n) is 19.7. The van der Waals surface area contributed by atoms with Gasteiger partial charge in [0.1, 0.15) is 11.9 Å². The van der Waals surface area contributed by atoms with Gasteiger partial charge in [-0.1, -0.05) is 77.7 Å². The lowest BCUT2D eigenvalue weighted by atomic mass is 9.83. The van der Waals surface area contributed by atoms with Crippen LogP contribution in [0.3, 0.4) is 0 Å². The number of nitrogens with zero attached hydrogens (tertiary/aromatic N) is 1. The number of thioether (sulfide) groups is 1. The lowest BCUT2D eigenvalue weighted by Crippen LogP contribution is -2.32. The van der Waals surface area contributed by atoms with Crippen molar-refractivity contribution >= 4 is 40.6 Å². The Labute approximate surface area is 221 Å². The van der Waals surface area contributed by atoms with Crippen LogP contribution in [0.15, 0.2) is 88.7 Å². The Morgan fingerprint density at radius 2 is 1.62 bits per heavy atom. The molecule has 1 aromatic heterocycles. The van der Waals surface area contributed by atoms with Gasteiger partial charge in [0.25, 0.3) is 0 Å². The van der Waals surface area contributed by atoms with E-state index in [0.29, 0.717) is 28.8 Å². The Kier molecular flexibility index (Phi) is 6.10. The second kappa shape index (κ2) is 9.57. The number of nitrogens with one attached hydrogen (secondary N) is 1. The molecule has 3 heterocycles. The molecule has 0 aliphatic carbocycles. The maximum atomic E-state index is 13.8. The number of H-pyrrole nitrogens is 1. The molecule has 0 saturated carbocycles. The highest BCUT2D eigenvalue weighted by Gasteiger charge is 2.56. The maximum absolute atomic E-state index is 13.8. The number of aromatic amines is 1. The van der Waals surface area contributed by atoms with Gasteiger partial charge in [-0.2, -0.15) is 0 Å². The van der Waals surface area contributed by atoms with E-state index >= 15 is 0 Å². The van der Waals surface area contributed by atoms with E-state index in [0.717, 1.165) is 27.3 Å². The molecule has 186 valence electrons. The summed E-state index contributed by atoms with van der Waals surface area (Å²) in [5.41, 5.74) is 2.36. The van der Waals surface area contributed by atoms with Gasteiger partial charge in [-0.25, -0.2) is 4.90 Å². The van der Waals surface area contributed by atoms with Crippen LogP contribution in [0.1, 0.15) is 21.9 Å². The van der Waals surface area contributed by atoms with E-state index in [1.54, 1.807) is 31.4 Å². The summed E-state index contributed by atoms with van der Waals surface area (Å²) in [6, 6.07) is 24.3. The van der Waals surface area contributed by atoms with Crippen LogP contribution in [0.2, 0.25) is 0 Å². The Balaban J connectivity index is 1.39. The molecule has 0 bridgehead atoms. The van der Waals surface area contributed by atoms with Crippen molar-refractivity contribution in [3.05, 3.63) is 105 Å². The summed E-state index contributed by atoms with van der Waals surface area (Å²) in [6.45, 7) is 0.379. The average Bonchev–Trinajstić information content (AvgIpc) is 3.42. The topological polar surface area (TPSA) is 88.7 Å².